The average molecular weight is 497 g/mol. The number of hydrogen-bond acceptors (Lipinski definition) is 4. The van der Waals surface area contributed by atoms with Gasteiger partial charge in [0.05, 0.1) is 0 Å². The highest BCUT2D eigenvalue weighted by molar-refractivity contribution is 5.74. The standard InChI is InChI=1S/C31H36N4O2/c1-31(2,3)37-30(36)35-20-18-25(19-21-35)24-12-16-27(17-13-24)29-33-32-28(34(29)4)26-14-10-23(11-15-26)22-8-6-5-7-9-22/h8,10-18H,5-7,9,19-21H2,1-4H3. The minimum absolute atomic E-state index is 0.253. The van der Waals surface area contributed by atoms with E-state index in [0.29, 0.717) is 13.1 Å². The van der Waals surface area contributed by atoms with Crippen molar-refractivity contribution in [1.82, 2.24) is 19.7 Å². The van der Waals surface area contributed by atoms with Crippen molar-refractivity contribution in [3.05, 3.63) is 71.8 Å². The van der Waals surface area contributed by atoms with Crippen LogP contribution >= 0.6 is 0 Å². The summed E-state index contributed by atoms with van der Waals surface area (Å²) in [5.74, 6) is 1.70. The molecule has 2 aromatic carbocycles. The minimum atomic E-state index is -0.479. The zero-order valence-electron chi connectivity index (χ0n) is 22.3. The quantitative estimate of drug-likeness (QED) is 0.385. The van der Waals surface area contributed by atoms with Gasteiger partial charge >= 0.3 is 6.09 Å². The number of nitrogens with zero attached hydrogens (tertiary/aromatic N) is 4. The molecule has 2 heterocycles. The van der Waals surface area contributed by atoms with Gasteiger partial charge in [-0.2, -0.15) is 0 Å². The minimum Gasteiger partial charge on any atom is -0.444 e. The van der Waals surface area contributed by atoms with Crippen LogP contribution in [0.4, 0.5) is 4.79 Å². The maximum Gasteiger partial charge on any atom is 0.410 e. The number of carbonyl (C=O) groups is 1. The van der Waals surface area contributed by atoms with E-state index in [1.807, 2.05) is 27.8 Å². The van der Waals surface area contributed by atoms with Crippen LogP contribution < -0.4 is 0 Å². The Kier molecular flexibility index (Phi) is 7.00. The van der Waals surface area contributed by atoms with Crippen LogP contribution in [0.25, 0.3) is 33.9 Å². The van der Waals surface area contributed by atoms with E-state index in [9.17, 15) is 4.79 Å². The van der Waals surface area contributed by atoms with Gasteiger partial charge in [0.15, 0.2) is 11.6 Å². The first-order valence-electron chi connectivity index (χ1n) is 13.3. The number of amides is 1. The summed E-state index contributed by atoms with van der Waals surface area (Å²) < 4.78 is 7.56. The number of rotatable bonds is 4. The molecule has 0 N–H and O–H groups in total. The maximum absolute atomic E-state index is 12.3. The highest BCUT2D eigenvalue weighted by Crippen LogP contribution is 2.30. The number of carbonyl (C=O) groups excluding carboxylic acids is 1. The highest BCUT2D eigenvalue weighted by Gasteiger charge is 2.24. The molecular formula is C31H36N4O2. The third-order valence-corrected chi connectivity index (χ3v) is 7.05. The zero-order valence-corrected chi connectivity index (χ0v) is 22.3. The molecule has 1 aromatic heterocycles. The predicted octanol–water partition coefficient (Wildman–Crippen LogP) is 7.13. The van der Waals surface area contributed by atoms with Gasteiger partial charge in [0.2, 0.25) is 0 Å². The summed E-state index contributed by atoms with van der Waals surface area (Å²) in [6.45, 7) is 6.90. The molecule has 192 valence electrons. The van der Waals surface area contributed by atoms with Gasteiger partial charge in [-0.1, -0.05) is 60.7 Å². The zero-order chi connectivity index (χ0) is 26.0. The fourth-order valence-corrected chi connectivity index (χ4v) is 5.02. The molecular weight excluding hydrogens is 460 g/mol. The third-order valence-electron chi connectivity index (χ3n) is 7.05. The van der Waals surface area contributed by atoms with Crippen LogP contribution in [0.5, 0.6) is 0 Å². The summed E-state index contributed by atoms with van der Waals surface area (Å²) in [6.07, 6.45) is 9.98. The van der Waals surface area contributed by atoms with Gasteiger partial charge in [-0.25, -0.2) is 4.79 Å². The fraction of sp³-hybridized carbons (Fsp3) is 0.387. The Morgan fingerprint density at radius 3 is 1.78 bits per heavy atom. The van der Waals surface area contributed by atoms with Crippen LogP contribution in [0.3, 0.4) is 0 Å². The first-order chi connectivity index (χ1) is 17.8. The van der Waals surface area contributed by atoms with E-state index in [2.05, 4.69) is 75.4 Å². The van der Waals surface area contributed by atoms with Crippen molar-refractivity contribution in [3.8, 4) is 22.8 Å². The first-order valence-corrected chi connectivity index (χ1v) is 13.3. The van der Waals surface area contributed by atoms with E-state index >= 15 is 0 Å². The number of aromatic nitrogens is 3. The smallest absolute Gasteiger partial charge is 0.410 e. The number of ether oxygens (including phenoxy) is 1. The van der Waals surface area contributed by atoms with Crippen molar-refractivity contribution < 1.29 is 9.53 Å². The van der Waals surface area contributed by atoms with Crippen LogP contribution in [0.15, 0.2) is 60.7 Å². The molecule has 1 aliphatic carbocycles. The molecule has 0 spiro atoms. The molecule has 6 nitrogen and oxygen atoms in total. The van der Waals surface area contributed by atoms with Gasteiger partial charge in [-0.05, 0) is 75.1 Å². The monoisotopic (exact) mass is 496 g/mol. The van der Waals surface area contributed by atoms with E-state index in [1.54, 1.807) is 4.90 Å². The molecule has 0 bridgehead atoms. The normalized spacial score (nSPS) is 16.3. The van der Waals surface area contributed by atoms with Gasteiger partial charge in [0, 0.05) is 31.3 Å². The van der Waals surface area contributed by atoms with Crippen molar-refractivity contribution in [2.75, 3.05) is 13.1 Å². The molecule has 3 aromatic rings. The number of benzene rings is 2. The lowest BCUT2D eigenvalue weighted by atomic mass is 9.93. The lowest BCUT2D eigenvalue weighted by Crippen LogP contribution is -2.39. The van der Waals surface area contributed by atoms with Crippen molar-refractivity contribution in [2.24, 2.45) is 7.05 Å². The maximum atomic E-state index is 12.3. The molecule has 37 heavy (non-hydrogen) atoms. The van der Waals surface area contributed by atoms with Crippen LogP contribution in [0, 0.1) is 0 Å². The molecule has 6 heteroatoms. The average Bonchev–Trinajstić information content (AvgIpc) is 3.29. The molecule has 1 amide bonds. The summed E-state index contributed by atoms with van der Waals surface area (Å²) in [5, 5.41) is 9.01. The summed E-state index contributed by atoms with van der Waals surface area (Å²) in [4.78, 5) is 14.1. The van der Waals surface area contributed by atoms with Crippen molar-refractivity contribution in [2.45, 2.75) is 58.5 Å². The molecule has 0 fully saturated rings. The van der Waals surface area contributed by atoms with Gasteiger partial charge in [0.25, 0.3) is 0 Å². The third kappa shape index (κ3) is 5.68. The van der Waals surface area contributed by atoms with Gasteiger partial charge in [-0.3, -0.25) is 0 Å². The van der Waals surface area contributed by atoms with E-state index in [0.717, 1.165) is 29.2 Å². The number of allylic oxidation sites excluding steroid dienone is 2. The van der Waals surface area contributed by atoms with Crippen LogP contribution in [0.2, 0.25) is 0 Å². The van der Waals surface area contributed by atoms with E-state index in [-0.39, 0.29) is 6.09 Å². The summed E-state index contributed by atoms with van der Waals surface area (Å²) >= 11 is 0. The Morgan fingerprint density at radius 1 is 0.784 bits per heavy atom. The van der Waals surface area contributed by atoms with Gasteiger partial charge in [-0.15, -0.1) is 10.2 Å². The Labute approximate surface area is 219 Å². The Balaban J connectivity index is 1.27. The predicted molar refractivity (Wildman–Crippen MR) is 149 cm³/mol. The van der Waals surface area contributed by atoms with E-state index in [4.69, 9.17) is 4.74 Å². The molecule has 0 saturated heterocycles. The Morgan fingerprint density at radius 2 is 1.32 bits per heavy atom. The van der Waals surface area contributed by atoms with Crippen molar-refractivity contribution in [3.63, 3.8) is 0 Å². The molecule has 2 aliphatic rings. The topological polar surface area (TPSA) is 60.2 Å². The molecule has 0 unspecified atom stereocenters. The van der Waals surface area contributed by atoms with Crippen LogP contribution in [0.1, 0.15) is 64.0 Å². The largest absolute Gasteiger partial charge is 0.444 e. The van der Waals surface area contributed by atoms with Crippen LogP contribution in [-0.2, 0) is 11.8 Å². The fourth-order valence-electron chi connectivity index (χ4n) is 5.02. The molecule has 0 radical (unpaired) electrons. The molecule has 1 aliphatic heterocycles. The number of hydrogen-bond donors (Lipinski definition) is 0. The van der Waals surface area contributed by atoms with Gasteiger partial charge < -0.3 is 14.2 Å². The van der Waals surface area contributed by atoms with E-state index in [1.165, 1.54) is 48.0 Å². The molecule has 0 atom stereocenters. The van der Waals surface area contributed by atoms with Crippen LogP contribution in [-0.4, -0.2) is 44.4 Å². The first kappa shape index (κ1) is 25.0. The summed E-state index contributed by atoms with van der Waals surface area (Å²) in [7, 11) is 2.02. The van der Waals surface area contributed by atoms with Crippen molar-refractivity contribution >= 4 is 17.2 Å². The second kappa shape index (κ2) is 10.4. The van der Waals surface area contributed by atoms with Crippen molar-refractivity contribution in [1.29, 1.82) is 0 Å². The lowest BCUT2D eigenvalue weighted by Gasteiger charge is -2.29. The Hall–Kier alpha value is -3.67. The highest BCUT2D eigenvalue weighted by atomic mass is 16.6. The lowest BCUT2D eigenvalue weighted by molar-refractivity contribution is 0.0270. The summed E-state index contributed by atoms with van der Waals surface area (Å²) in [5.41, 5.74) is 6.81. The molecule has 0 saturated carbocycles. The summed E-state index contributed by atoms with van der Waals surface area (Å²) in [6, 6.07) is 17.2. The second-order valence-electron chi connectivity index (χ2n) is 10.9. The Bertz CT molecular complexity index is 1330. The van der Waals surface area contributed by atoms with E-state index < -0.39 is 5.60 Å². The van der Waals surface area contributed by atoms with Gasteiger partial charge in [0.1, 0.15) is 5.60 Å². The second-order valence-corrected chi connectivity index (χ2v) is 10.9. The molecule has 5 rings (SSSR count). The SMILES string of the molecule is Cn1c(-c2ccc(C3=CCCCC3)cc2)nnc1-c1ccc(C2=CCN(C(=O)OC(C)(C)C)CC2)cc1.